The number of rotatable bonds is 42. The monoisotopic (exact) mass is 734 g/mol. The van der Waals surface area contributed by atoms with Crippen LogP contribution in [0.4, 0.5) is 0 Å². The van der Waals surface area contributed by atoms with Gasteiger partial charge in [-0.05, 0) is 64.2 Å². The molecule has 3 atom stereocenters. The van der Waals surface area contributed by atoms with E-state index in [9.17, 15) is 20.1 Å². The maximum absolute atomic E-state index is 12.4. The van der Waals surface area contributed by atoms with Crippen molar-refractivity contribution in [2.75, 3.05) is 6.61 Å². The molecule has 4 N–H and O–H groups in total. The van der Waals surface area contributed by atoms with Crippen molar-refractivity contribution in [1.82, 2.24) is 5.32 Å². The van der Waals surface area contributed by atoms with Crippen LogP contribution in [0.15, 0.2) is 24.3 Å². The van der Waals surface area contributed by atoms with E-state index in [0.717, 1.165) is 38.5 Å². The number of amides is 1. The van der Waals surface area contributed by atoms with Gasteiger partial charge in [0.1, 0.15) is 6.10 Å². The van der Waals surface area contributed by atoms with Gasteiger partial charge in [-0.3, -0.25) is 4.79 Å². The molecule has 0 heterocycles. The van der Waals surface area contributed by atoms with E-state index in [-0.39, 0.29) is 12.5 Å². The summed E-state index contributed by atoms with van der Waals surface area (Å²) in [5.74, 6) is -0.157. The summed E-state index contributed by atoms with van der Waals surface area (Å²) in [5, 5.41) is 33.6. The molecule has 52 heavy (non-hydrogen) atoms. The van der Waals surface area contributed by atoms with E-state index in [0.29, 0.717) is 12.8 Å². The number of allylic oxidation sites excluding steroid dienone is 4. The average molecular weight is 734 g/mol. The highest BCUT2D eigenvalue weighted by molar-refractivity contribution is 5.76. The van der Waals surface area contributed by atoms with E-state index in [1.165, 1.54) is 180 Å². The highest BCUT2D eigenvalue weighted by Crippen LogP contribution is 2.16. The van der Waals surface area contributed by atoms with Gasteiger partial charge in [-0.25, -0.2) is 0 Å². The smallest absolute Gasteiger partial charge is 0.220 e. The first-order valence-corrected chi connectivity index (χ1v) is 23.1. The molecule has 308 valence electrons. The molecule has 1 amide bonds. The Hall–Kier alpha value is -1.17. The van der Waals surface area contributed by atoms with Gasteiger partial charge >= 0.3 is 0 Å². The zero-order chi connectivity index (χ0) is 38.0. The first-order valence-electron chi connectivity index (χ1n) is 23.1. The van der Waals surface area contributed by atoms with Gasteiger partial charge in [-0.15, -0.1) is 0 Å². The Morgan fingerprint density at radius 3 is 1.12 bits per heavy atom. The Morgan fingerprint density at radius 2 is 0.769 bits per heavy atom. The highest BCUT2D eigenvalue weighted by atomic mass is 16.3. The van der Waals surface area contributed by atoms with Gasteiger partial charge in [-0.2, -0.15) is 0 Å². The summed E-state index contributed by atoms with van der Waals surface area (Å²) in [4.78, 5) is 12.4. The summed E-state index contributed by atoms with van der Waals surface area (Å²) >= 11 is 0. The molecular formula is C47H91NO4. The van der Waals surface area contributed by atoms with Crippen molar-refractivity contribution in [2.24, 2.45) is 0 Å². The molecule has 0 bridgehead atoms. The van der Waals surface area contributed by atoms with E-state index < -0.39 is 18.2 Å². The summed E-state index contributed by atoms with van der Waals surface area (Å²) in [6.45, 7) is 4.17. The van der Waals surface area contributed by atoms with Crippen LogP contribution in [0.3, 0.4) is 0 Å². The molecule has 5 nitrogen and oxygen atoms in total. The van der Waals surface area contributed by atoms with Crippen molar-refractivity contribution < 1.29 is 20.1 Å². The minimum Gasteiger partial charge on any atom is -0.394 e. The number of nitrogens with one attached hydrogen (secondary N) is 1. The molecular weight excluding hydrogens is 643 g/mol. The van der Waals surface area contributed by atoms with Crippen molar-refractivity contribution in [3.05, 3.63) is 24.3 Å². The lowest BCUT2D eigenvalue weighted by Gasteiger charge is -2.26. The van der Waals surface area contributed by atoms with Crippen LogP contribution in [0, 0.1) is 0 Å². The molecule has 0 aromatic heterocycles. The summed E-state index contributed by atoms with van der Waals surface area (Å²) in [5.41, 5.74) is 0. The van der Waals surface area contributed by atoms with Gasteiger partial charge < -0.3 is 20.6 Å². The van der Waals surface area contributed by atoms with Crippen LogP contribution in [0.5, 0.6) is 0 Å². The molecule has 0 spiro atoms. The summed E-state index contributed by atoms with van der Waals surface area (Å²) in [6, 6.07) is -0.826. The first kappa shape index (κ1) is 50.8. The Balaban J connectivity index is 3.64. The van der Waals surface area contributed by atoms with Crippen LogP contribution in [-0.2, 0) is 4.79 Å². The van der Waals surface area contributed by atoms with Crippen LogP contribution in [0.2, 0.25) is 0 Å². The maximum atomic E-state index is 12.4. The molecule has 0 aliphatic heterocycles. The van der Waals surface area contributed by atoms with Crippen molar-refractivity contribution in [3.63, 3.8) is 0 Å². The molecule has 0 rings (SSSR count). The number of aliphatic hydroxyl groups is 3. The number of aliphatic hydroxyl groups excluding tert-OH is 3. The molecule has 0 aromatic carbocycles. The minimum atomic E-state index is -1.16. The van der Waals surface area contributed by atoms with Gasteiger partial charge in [-0.1, -0.05) is 199 Å². The molecule has 3 unspecified atom stereocenters. The second-order valence-electron chi connectivity index (χ2n) is 16.0. The van der Waals surface area contributed by atoms with Gasteiger partial charge in [0.2, 0.25) is 5.91 Å². The molecule has 0 radical (unpaired) electrons. The lowest BCUT2D eigenvalue weighted by Crippen LogP contribution is -2.50. The van der Waals surface area contributed by atoms with Crippen molar-refractivity contribution >= 4 is 5.91 Å². The van der Waals surface area contributed by atoms with Gasteiger partial charge in [0, 0.05) is 6.42 Å². The van der Waals surface area contributed by atoms with Crippen LogP contribution in [0.25, 0.3) is 0 Å². The van der Waals surface area contributed by atoms with Gasteiger partial charge in [0.15, 0.2) is 0 Å². The van der Waals surface area contributed by atoms with E-state index in [2.05, 4.69) is 43.5 Å². The first-order chi connectivity index (χ1) is 25.6. The fourth-order valence-electron chi connectivity index (χ4n) is 7.16. The van der Waals surface area contributed by atoms with Crippen LogP contribution < -0.4 is 5.32 Å². The van der Waals surface area contributed by atoms with Crippen molar-refractivity contribution in [3.8, 4) is 0 Å². The molecule has 0 aliphatic rings. The Bertz CT molecular complexity index is 768. The van der Waals surface area contributed by atoms with Crippen LogP contribution >= 0.6 is 0 Å². The number of unbranched alkanes of at least 4 members (excludes halogenated alkanes) is 30. The normalized spacial score (nSPS) is 13.7. The zero-order valence-corrected chi connectivity index (χ0v) is 35.0. The Kier molecular flexibility index (Phi) is 41.6. The Morgan fingerprint density at radius 1 is 0.462 bits per heavy atom. The molecule has 0 saturated heterocycles. The number of carbonyl (C=O) groups excluding carboxylic acids is 1. The largest absolute Gasteiger partial charge is 0.394 e. The lowest BCUT2D eigenvalue weighted by atomic mass is 10.0. The number of hydrogen-bond donors (Lipinski definition) is 4. The van der Waals surface area contributed by atoms with E-state index in [1.807, 2.05) is 0 Å². The Labute approximate surface area is 324 Å². The lowest BCUT2D eigenvalue weighted by molar-refractivity contribution is -0.124. The molecule has 5 heteroatoms. The van der Waals surface area contributed by atoms with Crippen molar-refractivity contribution in [2.45, 2.75) is 263 Å². The number of hydrogen-bond acceptors (Lipinski definition) is 4. The van der Waals surface area contributed by atoms with Gasteiger partial charge in [0.05, 0.1) is 18.8 Å². The second-order valence-corrected chi connectivity index (χ2v) is 16.0. The summed E-state index contributed by atoms with van der Waals surface area (Å²) in [7, 11) is 0. The third-order valence-corrected chi connectivity index (χ3v) is 10.8. The van der Waals surface area contributed by atoms with E-state index >= 15 is 0 Å². The van der Waals surface area contributed by atoms with Crippen LogP contribution in [-0.4, -0.2) is 46.1 Å². The predicted octanol–water partition coefficient (Wildman–Crippen LogP) is 13.4. The minimum absolute atomic E-state index is 0.157. The third kappa shape index (κ3) is 37.2. The third-order valence-electron chi connectivity index (χ3n) is 10.8. The SMILES string of the molecule is CCCCCCCC/C=C\CCCCCCCCCC(=O)NC(CO)C(O)C(O)CCC/C=C/CCCCCCCCCCCCCCCCCC. The predicted molar refractivity (Wildman–Crippen MR) is 227 cm³/mol. The van der Waals surface area contributed by atoms with Gasteiger partial charge in [0.25, 0.3) is 0 Å². The molecule has 0 saturated carbocycles. The fraction of sp³-hybridized carbons (Fsp3) is 0.894. The molecule has 0 fully saturated rings. The maximum Gasteiger partial charge on any atom is 0.220 e. The highest BCUT2D eigenvalue weighted by Gasteiger charge is 2.26. The standard InChI is InChI=1S/C47H91NO4/c1-3-5-7-9-11-13-15-17-19-21-22-23-24-26-27-29-31-33-35-37-39-41-45(50)47(52)44(43-49)48-46(51)42-40-38-36-34-32-30-28-25-20-18-16-14-12-10-8-6-4-2/h18,20,33,35,44-45,47,49-50,52H,3-17,19,21-32,34,36-43H2,1-2H3,(H,48,51)/b20-18-,35-33+. The van der Waals surface area contributed by atoms with E-state index in [4.69, 9.17) is 0 Å². The number of carbonyl (C=O) groups is 1. The zero-order valence-electron chi connectivity index (χ0n) is 35.0. The van der Waals surface area contributed by atoms with E-state index in [1.54, 1.807) is 0 Å². The second kappa shape index (κ2) is 42.6. The van der Waals surface area contributed by atoms with Crippen LogP contribution in [0.1, 0.15) is 245 Å². The molecule has 0 aromatic rings. The summed E-state index contributed by atoms with van der Waals surface area (Å²) < 4.78 is 0. The molecule has 0 aliphatic carbocycles. The quantitative estimate of drug-likeness (QED) is 0.0371. The summed E-state index contributed by atoms with van der Waals surface area (Å²) in [6.07, 6.45) is 51.5. The topological polar surface area (TPSA) is 89.8 Å². The average Bonchev–Trinajstić information content (AvgIpc) is 3.15. The van der Waals surface area contributed by atoms with Crippen molar-refractivity contribution in [1.29, 1.82) is 0 Å². The fourth-order valence-corrected chi connectivity index (χ4v) is 7.16.